The van der Waals surface area contributed by atoms with Crippen molar-refractivity contribution in [2.45, 2.75) is 92.4 Å². The van der Waals surface area contributed by atoms with Gasteiger partial charge in [0.25, 0.3) is 0 Å². The number of aromatic nitrogens is 3. The number of allylic oxidation sites excluding steroid dienone is 10. The summed E-state index contributed by atoms with van der Waals surface area (Å²) in [5.41, 5.74) is 12.1. The third-order valence-corrected chi connectivity index (χ3v) is 9.82. The van der Waals surface area contributed by atoms with Crippen molar-refractivity contribution in [1.29, 1.82) is 0 Å². The SMILES string of the molecule is C=CC1=C(C)N(CCC)/C(=C/C=C2\CCCC(/C=C/C3=[N+](CCC)c4ccccc4C3(C)C)=C2n2cc(CCO)nn2)C1(C)C. The number of para-hydroxylation sites is 1. The molecule has 1 aliphatic carbocycles. The summed E-state index contributed by atoms with van der Waals surface area (Å²) >= 11 is 0. The van der Waals surface area contributed by atoms with Gasteiger partial charge in [-0.1, -0.05) is 75.9 Å². The molecule has 1 aromatic carbocycles. The van der Waals surface area contributed by atoms with Gasteiger partial charge in [-0.2, -0.15) is 4.58 Å². The summed E-state index contributed by atoms with van der Waals surface area (Å²) in [5, 5.41) is 18.6. The first-order valence-electron chi connectivity index (χ1n) is 16.8. The van der Waals surface area contributed by atoms with E-state index in [1.54, 1.807) is 0 Å². The van der Waals surface area contributed by atoms with Crippen molar-refractivity contribution in [3.63, 3.8) is 0 Å². The first kappa shape index (κ1) is 32.6. The van der Waals surface area contributed by atoms with Crippen LogP contribution in [0.25, 0.3) is 5.70 Å². The summed E-state index contributed by atoms with van der Waals surface area (Å²) in [4.78, 5) is 2.47. The number of nitrogens with zero attached hydrogens (tertiary/aromatic N) is 5. The van der Waals surface area contributed by atoms with E-state index < -0.39 is 0 Å². The molecule has 2 aromatic rings. The van der Waals surface area contributed by atoms with Crippen LogP contribution < -0.4 is 0 Å². The summed E-state index contributed by atoms with van der Waals surface area (Å²) in [7, 11) is 0. The predicted molar refractivity (Wildman–Crippen MR) is 186 cm³/mol. The number of hydrogen-bond donors (Lipinski definition) is 1. The van der Waals surface area contributed by atoms with E-state index in [4.69, 9.17) is 0 Å². The van der Waals surface area contributed by atoms with Crippen molar-refractivity contribution < 1.29 is 9.68 Å². The highest BCUT2D eigenvalue weighted by atomic mass is 16.3. The Morgan fingerprint density at radius 3 is 2.51 bits per heavy atom. The lowest BCUT2D eigenvalue weighted by Gasteiger charge is -2.29. The summed E-state index contributed by atoms with van der Waals surface area (Å²) in [5.74, 6) is 0. The Hall–Kier alpha value is -3.77. The first-order chi connectivity index (χ1) is 21.6. The van der Waals surface area contributed by atoms with Gasteiger partial charge in [-0.25, -0.2) is 4.68 Å². The number of rotatable bonds is 11. The molecular formula is C39H52N5O+. The van der Waals surface area contributed by atoms with Gasteiger partial charge in [0.2, 0.25) is 5.69 Å². The summed E-state index contributed by atoms with van der Waals surface area (Å²) in [6.07, 6.45) is 19.0. The second kappa shape index (κ2) is 13.3. The van der Waals surface area contributed by atoms with Crippen LogP contribution in [0.1, 0.15) is 91.8 Å². The van der Waals surface area contributed by atoms with Crippen LogP contribution in [-0.4, -0.2) is 55.0 Å². The molecule has 6 nitrogen and oxygen atoms in total. The van der Waals surface area contributed by atoms with Crippen molar-refractivity contribution in [3.05, 3.63) is 107 Å². The Bertz CT molecular complexity index is 1640. The number of aliphatic hydroxyl groups excluding tert-OH is 1. The molecule has 0 fully saturated rings. The van der Waals surface area contributed by atoms with Crippen LogP contribution in [0, 0.1) is 5.41 Å². The molecule has 0 amide bonds. The van der Waals surface area contributed by atoms with Gasteiger partial charge >= 0.3 is 0 Å². The van der Waals surface area contributed by atoms with Crippen molar-refractivity contribution in [2.75, 3.05) is 19.7 Å². The standard InChI is InChI=1S/C39H52N5O/c1-9-24-42-28(4)32(11-3)38(5,6)35(42)21-19-29-15-14-16-30(37(29)44-27-31(23-26-45)40-41-44)20-22-36-39(7,8)33-17-12-13-18-34(33)43(36)25-10-2/h11-13,17-22,27,45H,3,9-10,14-16,23-26H2,1-2,4-8H3/q+1. The topological polar surface area (TPSA) is 57.2 Å². The Labute approximate surface area is 270 Å². The van der Waals surface area contributed by atoms with E-state index in [9.17, 15) is 5.11 Å². The molecule has 0 saturated carbocycles. The van der Waals surface area contributed by atoms with Gasteiger partial charge in [0.1, 0.15) is 6.54 Å². The minimum Gasteiger partial charge on any atom is -0.396 e. The predicted octanol–water partition coefficient (Wildman–Crippen LogP) is 8.27. The van der Waals surface area contributed by atoms with Crippen LogP contribution in [0.15, 0.2) is 95.5 Å². The number of benzene rings is 1. The van der Waals surface area contributed by atoms with E-state index in [1.807, 2.05) is 17.0 Å². The number of fused-ring (bicyclic) bond motifs is 1. The normalized spacial score (nSPS) is 21.3. The zero-order valence-corrected chi connectivity index (χ0v) is 28.5. The monoisotopic (exact) mass is 606 g/mol. The number of hydrogen-bond acceptors (Lipinski definition) is 4. The minimum atomic E-state index is -0.122. The molecular weight excluding hydrogens is 554 g/mol. The summed E-state index contributed by atoms with van der Waals surface area (Å²) < 4.78 is 4.45. The minimum absolute atomic E-state index is 0.0564. The third-order valence-electron chi connectivity index (χ3n) is 9.82. The van der Waals surface area contributed by atoms with E-state index in [1.165, 1.54) is 45.1 Å². The molecule has 0 atom stereocenters. The lowest BCUT2D eigenvalue weighted by molar-refractivity contribution is -0.437. The van der Waals surface area contributed by atoms with Gasteiger partial charge in [0.05, 0.1) is 23.0 Å². The first-order valence-corrected chi connectivity index (χ1v) is 16.8. The molecule has 2 aliphatic heterocycles. The molecule has 3 aliphatic rings. The fraction of sp³-hybridized carbons (Fsp3) is 0.462. The van der Waals surface area contributed by atoms with Crippen LogP contribution in [0.4, 0.5) is 5.69 Å². The van der Waals surface area contributed by atoms with Gasteiger partial charge in [-0.05, 0) is 69.2 Å². The third kappa shape index (κ3) is 5.97. The van der Waals surface area contributed by atoms with Crippen LogP contribution in [0.2, 0.25) is 0 Å². The Morgan fingerprint density at radius 2 is 1.80 bits per heavy atom. The molecule has 5 rings (SSSR count). The summed E-state index contributed by atoms with van der Waals surface area (Å²) in [6.45, 7) is 22.2. The van der Waals surface area contributed by atoms with Gasteiger partial charge in [-0.3, -0.25) is 0 Å². The highest BCUT2D eigenvalue weighted by Crippen LogP contribution is 2.47. The molecule has 0 radical (unpaired) electrons. The van der Waals surface area contributed by atoms with Crippen LogP contribution in [0.3, 0.4) is 0 Å². The van der Waals surface area contributed by atoms with Crippen molar-refractivity contribution in [1.82, 2.24) is 19.9 Å². The van der Waals surface area contributed by atoms with Gasteiger partial charge < -0.3 is 10.0 Å². The molecule has 6 heteroatoms. The fourth-order valence-corrected chi connectivity index (χ4v) is 7.60. The average Bonchev–Trinajstić information content (AvgIpc) is 3.61. The maximum Gasteiger partial charge on any atom is 0.209 e. The average molecular weight is 607 g/mol. The van der Waals surface area contributed by atoms with Crippen molar-refractivity contribution in [2.24, 2.45) is 5.41 Å². The van der Waals surface area contributed by atoms with Crippen LogP contribution >= 0.6 is 0 Å². The highest BCUT2D eigenvalue weighted by Gasteiger charge is 2.44. The second-order valence-electron chi connectivity index (χ2n) is 13.6. The van der Waals surface area contributed by atoms with Crippen molar-refractivity contribution in [3.8, 4) is 0 Å². The lowest BCUT2D eigenvalue weighted by atomic mass is 9.81. The van der Waals surface area contributed by atoms with Gasteiger partial charge in [-0.15, -0.1) is 5.10 Å². The largest absolute Gasteiger partial charge is 0.396 e. The maximum absolute atomic E-state index is 9.58. The quantitative estimate of drug-likeness (QED) is 0.262. The highest BCUT2D eigenvalue weighted by molar-refractivity contribution is 6.03. The van der Waals surface area contributed by atoms with Crippen molar-refractivity contribution >= 4 is 17.1 Å². The fourth-order valence-electron chi connectivity index (χ4n) is 7.60. The second-order valence-corrected chi connectivity index (χ2v) is 13.6. The van der Waals surface area contributed by atoms with E-state index in [0.29, 0.717) is 6.42 Å². The molecule has 0 bridgehead atoms. The van der Waals surface area contributed by atoms with E-state index >= 15 is 0 Å². The lowest BCUT2D eigenvalue weighted by Crippen LogP contribution is -2.28. The maximum atomic E-state index is 9.58. The van der Waals surface area contributed by atoms with E-state index in [-0.39, 0.29) is 17.4 Å². The molecule has 238 valence electrons. The zero-order chi connectivity index (χ0) is 32.4. The van der Waals surface area contributed by atoms with Crippen LogP contribution in [0.5, 0.6) is 0 Å². The Kier molecular flexibility index (Phi) is 9.64. The van der Waals surface area contributed by atoms with E-state index in [0.717, 1.165) is 56.6 Å². The molecule has 45 heavy (non-hydrogen) atoms. The molecule has 3 heterocycles. The van der Waals surface area contributed by atoms with E-state index in [2.05, 4.69) is 123 Å². The molecule has 0 saturated heterocycles. The zero-order valence-electron chi connectivity index (χ0n) is 28.5. The Morgan fingerprint density at radius 1 is 1.02 bits per heavy atom. The summed E-state index contributed by atoms with van der Waals surface area (Å²) in [6, 6.07) is 8.83. The Balaban J connectivity index is 1.63. The molecule has 1 N–H and O–H groups in total. The smallest absolute Gasteiger partial charge is 0.209 e. The van der Waals surface area contributed by atoms with Crippen LogP contribution in [-0.2, 0) is 11.8 Å². The number of aliphatic hydroxyl groups is 1. The van der Waals surface area contributed by atoms with Gasteiger partial charge in [0.15, 0.2) is 5.71 Å². The molecule has 1 aromatic heterocycles. The van der Waals surface area contributed by atoms with Gasteiger partial charge in [0, 0.05) is 60.5 Å². The molecule has 0 unspecified atom stereocenters. The molecule has 0 spiro atoms.